The highest BCUT2D eigenvalue weighted by molar-refractivity contribution is 6.35. The standard InChI is InChI=1S/C23H15Cl2N7O/c24-16-6-7-18(25)20(12-16)28-23(33)27-17-5-1-3-14(11-17)19-8-9-21-29-30-22(32(21)31-19)15-4-2-10-26-13-15/h1-13H,(H2,27,28,33). The third-order valence-electron chi connectivity index (χ3n) is 4.78. The van der Waals surface area contributed by atoms with Crippen molar-refractivity contribution in [2.45, 2.75) is 0 Å². The average Bonchev–Trinajstić information content (AvgIpc) is 3.25. The number of hydrogen-bond acceptors (Lipinski definition) is 5. The summed E-state index contributed by atoms with van der Waals surface area (Å²) in [6.45, 7) is 0. The van der Waals surface area contributed by atoms with Gasteiger partial charge in [0.25, 0.3) is 0 Å². The van der Waals surface area contributed by atoms with Crippen molar-refractivity contribution >= 4 is 46.3 Å². The smallest absolute Gasteiger partial charge is 0.308 e. The first-order chi connectivity index (χ1) is 16.1. The van der Waals surface area contributed by atoms with Crippen LogP contribution in [0.2, 0.25) is 10.0 Å². The van der Waals surface area contributed by atoms with E-state index in [1.807, 2.05) is 42.5 Å². The monoisotopic (exact) mass is 475 g/mol. The number of carbonyl (C=O) groups is 1. The van der Waals surface area contributed by atoms with Crippen LogP contribution >= 0.6 is 23.2 Å². The second-order valence-electron chi connectivity index (χ2n) is 7.04. The quantitative estimate of drug-likeness (QED) is 0.342. The second-order valence-corrected chi connectivity index (χ2v) is 7.88. The van der Waals surface area contributed by atoms with Crippen molar-refractivity contribution in [2.75, 3.05) is 10.6 Å². The first-order valence-electron chi connectivity index (χ1n) is 9.83. The van der Waals surface area contributed by atoms with Gasteiger partial charge in [-0.2, -0.15) is 9.61 Å². The Bertz CT molecular complexity index is 1470. The number of amides is 2. The van der Waals surface area contributed by atoms with Gasteiger partial charge in [-0.3, -0.25) is 4.98 Å². The molecule has 5 rings (SSSR count). The van der Waals surface area contributed by atoms with Crippen LogP contribution in [0, 0.1) is 0 Å². The van der Waals surface area contributed by atoms with Crippen molar-refractivity contribution in [3.05, 3.63) is 89.2 Å². The summed E-state index contributed by atoms with van der Waals surface area (Å²) in [5.41, 5.74) is 3.92. The van der Waals surface area contributed by atoms with Crippen LogP contribution in [-0.2, 0) is 0 Å². The molecule has 0 bridgehead atoms. The number of fused-ring (bicyclic) bond motifs is 1. The summed E-state index contributed by atoms with van der Waals surface area (Å²) in [7, 11) is 0. The highest BCUT2D eigenvalue weighted by Crippen LogP contribution is 2.26. The van der Waals surface area contributed by atoms with Crippen LogP contribution in [0.1, 0.15) is 0 Å². The fourth-order valence-electron chi connectivity index (χ4n) is 3.25. The van der Waals surface area contributed by atoms with Gasteiger partial charge in [-0.1, -0.05) is 35.3 Å². The molecule has 5 aromatic rings. The molecule has 0 aliphatic rings. The number of nitrogens with zero attached hydrogens (tertiary/aromatic N) is 5. The third-order valence-corrected chi connectivity index (χ3v) is 5.34. The Labute approximate surface area is 198 Å². The van der Waals surface area contributed by atoms with E-state index in [4.69, 9.17) is 28.3 Å². The van der Waals surface area contributed by atoms with E-state index in [0.29, 0.717) is 38.6 Å². The van der Waals surface area contributed by atoms with E-state index >= 15 is 0 Å². The topological polar surface area (TPSA) is 97.1 Å². The third kappa shape index (κ3) is 4.48. The molecule has 0 saturated carbocycles. The van der Waals surface area contributed by atoms with E-state index in [1.54, 1.807) is 41.2 Å². The molecule has 2 N–H and O–H groups in total. The van der Waals surface area contributed by atoms with Gasteiger partial charge in [0.1, 0.15) is 0 Å². The van der Waals surface area contributed by atoms with Crippen LogP contribution in [-0.4, -0.2) is 30.8 Å². The maximum atomic E-state index is 12.5. The lowest BCUT2D eigenvalue weighted by atomic mass is 10.1. The minimum absolute atomic E-state index is 0.388. The SMILES string of the molecule is O=C(Nc1cccc(-c2ccc3nnc(-c4cccnc4)n3n2)c1)Nc1cc(Cl)ccc1Cl. The number of halogens is 2. The predicted octanol–water partition coefficient (Wildman–Crippen LogP) is 5.80. The first-order valence-corrected chi connectivity index (χ1v) is 10.6. The Morgan fingerprint density at radius 3 is 2.61 bits per heavy atom. The Balaban J connectivity index is 1.41. The number of benzene rings is 2. The molecule has 8 nitrogen and oxygen atoms in total. The first kappa shape index (κ1) is 20.9. The van der Waals surface area contributed by atoms with E-state index in [0.717, 1.165) is 11.1 Å². The van der Waals surface area contributed by atoms with Crippen molar-refractivity contribution in [1.29, 1.82) is 0 Å². The van der Waals surface area contributed by atoms with Crippen LogP contribution in [0.25, 0.3) is 28.3 Å². The van der Waals surface area contributed by atoms with Gasteiger partial charge in [0.15, 0.2) is 11.5 Å². The highest BCUT2D eigenvalue weighted by Gasteiger charge is 2.12. The van der Waals surface area contributed by atoms with Crippen molar-refractivity contribution in [2.24, 2.45) is 0 Å². The van der Waals surface area contributed by atoms with Crippen molar-refractivity contribution < 1.29 is 4.79 Å². The molecule has 0 saturated heterocycles. The van der Waals surface area contributed by atoms with Gasteiger partial charge in [-0.05, 0) is 54.6 Å². The maximum absolute atomic E-state index is 12.5. The molecule has 0 radical (unpaired) electrons. The molecule has 0 atom stereocenters. The predicted molar refractivity (Wildman–Crippen MR) is 129 cm³/mol. The lowest BCUT2D eigenvalue weighted by Crippen LogP contribution is -2.19. The molecule has 2 amide bonds. The fraction of sp³-hybridized carbons (Fsp3) is 0. The van der Waals surface area contributed by atoms with Crippen LogP contribution in [0.3, 0.4) is 0 Å². The Morgan fingerprint density at radius 2 is 1.76 bits per heavy atom. The van der Waals surface area contributed by atoms with Gasteiger partial charge < -0.3 is 10.6 Å². The van der Waals surface area contributed by atoms with Crippen LogP contribution < -0.4 is 10.6 Å². The summed E-state index contributed by atoms with van der Waals surface area (Å²) in [6, 6.07) is 19.1. The number of carbonyl (C=O) groups excluding carboxylic acids is 1. The summed E-state index contributed by atoms with van der Waals surface area (Å²) in [6.07, 6.45) is 3.40. The molecular weight excluding hydrogens is 461 g/mol. The van der Waals surface area contributed by atoms with Crippen molar-refractivity contribution in [3.8, 4) is 22.6 Å². The summed E-state index contributed by atoms with van der Waals surface area (Å²) in [4.78, 5) is 16.6. The molecule has 10 heteroatoms. The highest BCUT2D eigenvalue weighted by atomic mass is 35.5. The molecule has 2 aromatic carbocycles. The van der Waals surface area contributed by atoms with E-state index in [9.17, 15) is 4.79 Å². The van der Waals surface area contributed by atoms with Gasteiger partial charge in [-0.15, -0.1) is 10.2 Å². The zero-order valence-electron chi connectivity index (χ0n) is 16.9. The summed E-state index contributed by atoms with van der Waals surface area (Å²) in [5, 5.41) is 19.5. The van der Waals surface area contributed by atoms with Crippen LogP contribution in [0.15, 0.2) is 79.1 Å². The van der Waals surface area contributed by atoms with E-state index < -0.39 is 6.03 Å². The summed E-state index contributed by atoms with van der Waals surface area (Å²) in [5.74, 6) is 0.590. The lowest BCUT2D eigenvalue weighted by molar-refractivity contribution is 0.262. The number of anilines is 2. The largest absolute Gasteiger partial charge is 0.323 e. The van der Waals surface area contributed by atoms with Gasteiger partial charge in [0.2, 0.25) is 0 Å². The number of urea groups is 1. The van der Waals surface area contributed by atoms with Crippen molar-refractivity contribution in [3.63, 3.8) is 0 Å². The van der Waals surface area contributed by atoms with Gasteiger partial charge in [-0.25, -0.2) is 4.79 Å². The Kier molecular flexibility index (Phi) is 5.60. The van der Waals surface area contributed by atoms with Gasteiger partial charge >= 0.3 is 6.03 Å². The van der Waals surface area contributed by atoms with Gasteiger partial charge in [0, 0.05) is 34.2 Å². The molecule has 0 spiro atoms. The molecule has 0 aliphatic carbocycles. The molecule has 162 valence electrons. The normalized spacial score (nSPS) is 10.8. The molecule has 33 heavy (non-hydrogen) atoms. The molecule has 3 heterocycles. The summed E-state index contributed by atoms with van der Waals surface area (Å²) < 4.78 is 1.67. The number of aromatic nitrogens is 5. The second kappa shape index (κ2) is 8.85. The van der Waals surface area contributed by atoms with Gasteiger partial charge in [0.05, 0.1) is 16.4 Å². The van der Waals surface area contributed by atoms with Crippen molar-refractivity contribution in [1.82, 2.24) is 24.8 Å². The molecule has 3 aromatic heterocycles. The van der Waals surface area contributed by atoms with E-state index in [-0.39, 0.29) is 0 Å². The molecular formula is C23H15Cl2N7O. The van der Waals surface area contributed by atoms with E-state index in [2.05, 4.69) is 25.8 Å². The number of hydrogen-bond donors (Lipinski definition) is 2. The minimum atomic E-state index is -0.447. The maximum Gasteiger partial charge on any atom is 0.323 e. The minimum Gasteiger partial charge on any atom is -0.308 e. The fourth-order valence-corrected chi connectivity index (χ4v) is 3.59. The summed E-state index contributed by atoms with van der Waals surface area (Å²) >= 11 is 12.1. The zero-order chi connectivity index (χ0) is 22.8. The van der Waals surface area contributed by atoms with E-state index in [1.165, 1.54) is 0 Å². The molecule has 0 aliphatic heterocycles. The Morgan fingerprint density at radius 1 is 0.879 bits per heavy atom. The lowest BCUT2D eigenvalue weighted by Gasteiger charge is -2.10. The average molecular weight is 476 g/mol. The van der Waals surface area contributed by atoms with Crippen LogP contribution in [0.4, 0.5) is 16.2 Å². The zero-order valence-corrected chi connectivity index (χ0v) is 18.4. The Hall–Kier alpha value is -4.01. The number of nitrogens with one attached hydrogen (secondary N) is 2. The van der Waals surface area contributed by atoms with Crippen LogP contribution in [0.5, 0.6) is 0 Å². The number of pyridine rings is 1. The number of rotatable bonds is 4. The molecule has 0 unspecified atom stereocenters. The molecule has 0 fully saturated rings.